The Morgan fingerprint density at radius 1 is 1.42 bits per heavy atom. The van der Waals surface area contributed by atoms with Crippen LogP contribution in [0.4, 0.5) is 0 Å². The second-order valence-corrected chi connectivity index (χ2v) is 8.49. The van der Waals surface area contributed by atoms with E-state index in [1.54, 1.807) is 27.0 Å². The van der Waals surface area contributed by atoms with Crippen LogP contribution in [-0.2, 0) is 26.1 Å². The maximum absolute atomic E-state index is 12.8. The quantitative estimate of drug-likeness (QED) is 0.660. The van der Waals surface area contributed by atoms with Gasteiger partial charge in [0.1, 0.15) is 23.1 Å². The molecule has 0 saturated carbocycles. The van der Waals surface area contributed by atoms with Crippen molar-refractivity contribution in [3.63, 3.8) is 0 Å². The molecule has 1 aromatic heterocycles. The Bertz CT molecular complexity index is 770. The summed E-state index contributed by atoms with van der Waals surface area (Å²) in [5.41, 5.74) is 0.316. The van der Waals surface area contributed by atoms with Crippen molar-refractivity contribution >= 4 is 21.9 Å². The van der Waals surface area contributed by atoms with Crippen LogP contribution >= 0.6 is 0 Å². The van der Waals surface area contributed by atoms with Gasteiger partial charge in [-0.25, -0.2) is 13.2 Å². The predicted octanol–water partition coefficient (Wildman–Crippen LogP) is 1.54. The largest absolute Gasteiger partial charge is 0.465 e. The van der Waals surface area contributed by atoms with Crippen molar-refractivity contribution in [1.29, 1.82) is 0 Å². The third-order valence-electron chi connectivity index (χ3n) is 4.45. The second kappa shape index (κ2) is 8.22. The van der Waals surface area contributed by atoms with Gasteiger partial charge in [-0.1, -0.05) is 6.92 Å². The highest BCUT2D eigenvalue weighted by molar-refractivity contribution is 7.89. The molecule has 1 unspecified atom stereocenters. The first kappa shape index (κ1) is 20.4. The van der Waals surface area contributed by atoms with Crippen molar-refractivity contribution in [3.8, 4) is 0 Å². The summed E-state index contributed by atoms with van der Waals surface area (Å²) in [6, 6.07) is 0.873. The van der Waals surface area contributed by atoms with Crippen molar-refractivity contribution in [1.82, 2.24) is 9.21 Å². The average Bonchev–Trinajstić information content (AvgIpc) is 3.20. The minimum Gasteiger partial charge on any atom is -0.465 e. The van der Waals surface area contributed by atoms with Crippen LogP contribution < -0.4 is 0 Å². The molecule has 2 heterocycles. The molecule has 8 nitrogen and oxygen atoms in total. The zero-order valence-electron chi connectivity index (χ0n) is 15.6. The normalized spacial score (nSPS) is 18.1. The van der Waals surface area contributed by atoms with Crippen LogP contribution in [0.25, 0.3) is 0 Å². The molecule has 146 valence electrons. The summed E-state index contributed by atoms with van der Waals surface area (Å²) in [5.74, 6) is 0.135. The smallest absolute Gasteiger partial charge is 0.341 e. The van der Waals surface area contributed by atoms with Crippen molar-refractivity contribution < 1.29 is 27.2 Å². The average molecular weight is 386 g/mol. The Morgan fingerprint density at radius 2 is 2.12 bits per heavy atom. The maximum Gasteiger partial charge on any atom is 0.341 e. The van der Waals surface area contributed by atoms with E-state index in [1.807, 2.05) is 0 Å². The minimum atomic E-state index is -3.43. The summed E-state index contributed by atoms with van der Waals surface area (Å²) in [5, 5.41) is 0. The van der Waals surface area contributed by atoms with Crippen molar-refractivity contribution in [2.75, 3.05) is 26.5 Å². The summed E-state index contributed by atoms with van der Waals surface area (Å²) in [6.45, 7) is 3.97. The van der Waals surface area contributed by atoms with Gasteiger partial charge >= 0.3 is 5.97 Å². The van der Waals surface area contributed by atoms with Crippen LogP contribution in [0.1, 0.15) is 48.1 Å². The third kappa shape index (κ3) is 4.27. The molecule has 1 atom stereocenters. The summed E-state index contributed by atoms with van der Waals surface area (Å²) in [6.07, 6.45) is 1.69. The predicted molar refractivity (Wildman–Crippen MR) is 95.1 cm³/mol. The molecule has 1 aromatic rings. The number of hydrogen-bond donors (Lipinski definition) is 0. The minimum absolute atomic E-state index is 0.0420. The van der Waals surface area contributed by atoms with E-state index in [0.29, 0.717) is 42.9 Å². The number of hydrogen-bond acceptors (Lipinski definition) is 6. The van der Waals surface area contributed by atoms with Crippen LogP contribution in [0.3, 0.4) is 0 Å². The molecule has 9 heteroatoms. The van der Waals surface area contributed by atoms with Gasteiger partial charge in [0.2, 0.25) is 15.9 Å². The van der Waals surface area contributed by atoms with E-state index in [2.05, 4.69) is 4.74 Å². The van der Waals surface area contributed by atoms with E-state index in [1.165, 1.54) is 16.3 Å². The zero-order chi connectivity index (χ0) is 19.5. The van der Waals surface area contributed by atoms with E-state index in [4.69, 9.17) is 4.42 Å². The van der Waals surface area contributed by atoms with Gasteiger partial charge in [-0.05, 0) is 32.3 Å². The molecular formula is C17H26N2O6S. The molecule has 0 N–H and O–H groups in total. The van der Waals surface area contributed by atoms with Gasteiger partial charge < -0.3 is 14.1 Å². The molecule has 1 fully saturated rings. The van der Waals surface area contributed by atoms with Gasteiger partial charge in [-0.3, -0.25) is 4.79 Å². The number of esters is 1. The van der Waals surface area contributed by atoms with E-state index in [-0.39, 0.29) is 18.2 Å². The molecule has 0 spiro atoms. The summed E-state index contributed by atoms with van der Waals surface area (Å²) in [4.78, 5) is 25.9. The molecular weight excluding hydrogens is 360 g/mol. The molecule has 0 aliphatic carbocycles. The zero-order valence-corrected chi connectivity index (χ0v) is 16.5. The van der Waals surface area contributed by atoms with Gasteiger partial charge in [-0.15, -0.1) is 0 Å². The van der Waals surface area contributed by atoms with Crippen LogP contribution in [0.5, 0.6) is 0 Å². The van der Waals surface area contributed by atoms with Gasteiger partial charge in [0, 0.05) is 13.6 Å². The number of carbonyl (C=O) groups excluding carboxylic acids is 2. The topological polar surface area (TPSA) is 97.1 Å². The number of nitrogens with zero attached hydrogens (tertiary/aromatic N) is 2. The highest BCUT2D eigenvalue weighted by Gasteiger charge is 2.39. The SMILES string of the molecule is CCCS(=O)(=O)N1CCCC1C(=O)N(C)Cc1cc(C(=O)OC)c(C)o1. The van der Waals surface area contributed by atoms with E-state index < -0.39 is 22.0 Å². The molecule has 0 radical (unpaired) electrons. The van der Waals surface area contributed by atoms with E-state index in [9.17, 15) is 18.0 Å². The Labute approximate surface area is 154 Å². The number of furan rings is 1. The summed E-state index contributed by atoms with van der Waals surface area (Å²) in [7, 11) is -0.541. The fourth-order valence-corrected chi connectivity index (χ4v) is 4.94. The van der Waals surface area contributed by atoms with E-state index >= 15 is 0 Å². The first-order valence-corrected chi connectivity index (χ1v) is 10.2. The summed E-state index contributed by atoms with van der Waals surface area (Å²) < 4.78 is 36.3. The maximum atomic E-state index is 12.8. The standard InChI is InChI=1S/C17H26N2O6S/c1-5-9-26(22,23)19-8-6-7-15(19)16(20)18(3)11-13-10-14(12(2)25-13)17(21)24-4/h10,15H,5-9,11H2,1-4H3. The molecule has 1 saturated heterocycles. The number of sulfonamides is 1. The lowest BCUT2D eigenvalue weighted by molar-refractivity contribution is -0.134. The molecule has 1 amide bonds. The highest BCUT2D eigenvalue weighted by Crippen LogP contribution is 2.24. The number of ether oxygens (including phenoxy) is 1. The van der Waals surface area contributed by atoms with Crippen LogP contribution in [0, 0.1) is 6.92 Å². The van der Waals surface area contributed by atoms with Crippen molar-refractivity contribution in [2.24, 2.45) is 0 Å². The van der Waals surface area contributed by atoms with E-state index in [0.717, 1.165) is 0 Å². The molecule has 0 aromatic carbocycles. The van der Waals surface area contributed by atoms with Crippen LogP contribution in [0.2, 0.25) is 0 Å². The number of aryl methyl sites for hydroxylation is 1. The number of rotatable bonds is 7. The van der Waals surface area contributed by atoms with Gasteiger partial charge in [0.15, 0.2) is 0 Å². The first-order chi connectivity index (χ1) is 12.2. The number of carbonyl (C=O) groups is 2. The lowest BCUT2D eigenvalue weighted by atomic mass is 10.2. The lowest BCUT2D eigenvalue weighted by Gasteiger charge is -2.27. The fourth-order valence-electron chi connectivity index (χ4n) is 3.20. The van der Waals surface area contributed by atoms with Crippen LogP contribution in [0.15, 0.2) is 10.5 Å². The molecule has 0 bridgehead atoms. The van der Waals surface area contributed by atoms with Crippen molar-refractivity contribution in [3.05, 3.63) is 23.2 Å². The fraction of sp³-hybridized carbons (Fsp3) is 0.647. The van der Waals surface area contributed by atoms with Gasteiger partial charge in [0.25, 0.3) is 0 Å². The second-order valence-electron chi connectivity index (χ2n) is 6.45. The highest BCUT2D eigenvalue weighted by atomic mass is 32.2. The Balaban J connectivity index is 2.11. The molecule has 2 rings (SSSR count). The van der Waals surface area contributed by atoms with Crippen LogP contribution in [-0.4, -0.2) is 62.0 Å². The lowest BCUT2D eigenvalue weighted by Crippen LogP contribution is -2.46. The molecule has 26 heavy (non-hydrogen) atoms. The number of methoxy groups -OCH3 is 1. The van der Waals surface area contributed by atoms with Gasteiger partial charge in [-0.2, -0.15) is 4.31 Å². The molecule has 1 aliphatic heterocycles. The monoisotopic (exact) mass is 386 g/mol. The number of amides is 1. The van der Waals surface area contributed by atoms with Crippen molar-refractivity contribution in [2.45, 2.75) is 45.7 Å². The first-order valence-electron chi connectivity index (χ1n) is 8.63. The Hall–Kier alpha value is -1.87. The number of likely N-dealkylation sites (N-methyl/N-ethyl adjacent to an activating group) is 1. The molecule has 1 aliphatic rings. The Morgan fingerprint density at radius 3 is 2.73 bits per heavy atom. The van der Waals surface area contributed by atoms with Gasteiger partial charge in [0.05, 0.1) is 19.4 Å². The summed E-state index contributed by atoms with van der Waals surface area (Å²) >= 11 is 0. The Kier molecular flexibility index (Phi) is 6.46. The third-order valence-corrected chi connectivity index (χ3v) is 6.53.